The molecule has 1 N–H and O–H groups in total. The smallest absolute Gasteiger partial charge is 0.313 e. The molecule has 0 atom stereocenters. The van der Waals surface area contributed by atoms with Gasteiger partial charge in [0.25, 0.3) is 0 Å². The van der Waals surface area contributed by atoms with Crippen LogP contribution < -0.4 is 0 Å². The SMILES string of the molecule is CSCCCn1c(SCC(=O)O)nc2cc(C)ccc21. The van der Waals surface area contributed by atoms with E-state index in [0.717, 1.165) is 34.9 Å². The number of carbonyl (C=O) groups is 1. The standard InChI is InChI=1S/C14H18N2O2S2/c1-10-4-5-12-11(8-10)15-14(20-9-13(17)18)16(12)6-3-7-19-2/h4-5,8H,3,6-7,9H2,1-2H3,(H,17,18). The fourth-order valence-electron chi connectivity index (χ4n) is 2.04. The Labute approximate surface area is 127 Å². The van der Waals surface area contributed by atoms with Gasteiger partial charge in [-0.1, -0.05) is 17.8 Å². The first kappa shape index (κ1) is 15.3. The topological polar surface area (TPSA) is 55.1 Å². The van der Waals surface area contributed by atoms with Gasteiger partial charge in [-0.25, -0.2) is 4.98 Å². The third-order valence-electron chi connectivity index (χ3n) is 2.92. The number of fused-ring (bicyclic) bond motifs is 1. The van der Waals surface area contributed by atoms with Crippen molar-refractivity contribution in [3.8, 4) is 0 Å². The summed E-state index contributed by atoms with van der Waals surface area (Å²) in [5.74, 6) is 0.327. The van der Waals surface area contributed by atoms with E-state index < -0.39 is 5.97 Å². The molecule has 0 aliphatic rings. The van der Waals surface area contributed by atoms with Crippen LogP contribution in [0.25, 0.3) is 11.0 Å². The van der Waals surface area contributed by atoms with Crippen molar-refractivity contribution >= 4 is 40.5 Å². The van der Waals surface area contributed by atoms with Crippen LogP contribution in [0.1, 0.15) is 12.0 Å². The van der Waals surface area contributed by atoms with E-state index in [2.05, 4.69) is 27.9 Å². The summed E-state index contributed by atoms with van der Waals surface area (Å²) in [4.78, 5) is 15.3. The number of rotatable bonds is 7. The summed E-state index contributed by atoms with van der Waals surface area (Å²) in [5.41, 5.74) is 3.20. The number of aryl methyl sites for hydroxylation is 2. The zero-order valence-electron chi connectivity index (χ0n) is 11.6. The number of carboxylic acid groups (broad SMARTS) is 1. The van der Waals surface area contributed by atoms with E-state index in [1.807, 2.05) is 24.8 Å². The van der Waals surface area contributed by atoms with Gasteiger partial charge in [-0.05, 0) is 43.0 Å². The first-order valence-electron chi connectivity index (χ1n) is 6.42. The Bertz CT molecular complexity index is 610. The number of hydrogen-bond donors (Lipinski definition) is 1. The molecule has 0 aliphatic carbocycles. The van der Waals surface area contributed by atoms with E-state index in [4.69, 9.17) is 5.11 Å². The maximum atomic E-state index is 10.8. The molecule has 1 aromatic carbocycles. The minimum atomic E-state index is -0.811. The number of benzene rings is 1. The Morgan fingerprint density at radius 3 is 2.95 bits per heavy atom. The van der Waals surface area contributed by atoms with Crippen LogP contribution in [0.5, 0.6) is 0 Å². The predicted octanol–water partition coefficient (Wildman–Crippen LogP) is 3.27. The summed E-state index contributed by atoms with van der Waals surface area (Å²) in [7, 11) is 0. The van der Waals surface area contributed by atoms with Crippen LogP contribution in [0.3, 0.4) is 0 Å². The zero-order chi connectivity index (χ0) is 14.5. The maximum Gasteiger partial charge on any atom is 0.313 e. The maximum absolute atomic E-state index is 10.8. The normalized spacial score (nSPS) is 11.1. The largest absolute Gasteiger partial charge is 0.481 e. The van der Waals surface area contributed by atoms with Crippen molar-refractivity contribution in [1.29, 1.82) is 0 Å². The third kappa shape index (κ3) is 3.70. The average Bonchev–Trinajstić information content (AvgIpc) is 2.74. The van der Waals surface area contributed by atoms with E-state index in [0.29, 0.717) is 0 Å². The molecule has 0 radical (unpaired) electrons. The van der Waals surface area contributed by atoms with Gasteiger partial charge in [0, 0.05) is 6.54 Å². The third-order valence-corrected chi connectivity index (χ3v) is 4.58. The van der Waals surface area contributed by atoms with Crippen LogP contribution in [-0.2, 0) is 11.3 Å². The van der Waals surface area contributed by atoms with Crippen LogP contribution in [0.2, 0.25) is 0 Å². The Morgan fingerprint density at radius 2 is 2.25 bits per heavy atom. The first-order chi connectivity index (χ1) is 9.61. The van der Waals surface area contributed by atoms with E-state index in [1.54, 1.807) is 0 Å². The molecule has 0 fully saturated rings. The molecule has 0 bridgehead atoms. The zero-order valence-corrected chi connectivity index (χ0v) is 13.3. The highest BCUT2D eigenvalue weighted by molar-refractivity contribution is 7.99. The monoisotopic (exact) mass is 310 g/mol. The highest BCUT2D eigenvalue weighted by Crippen LogP contribution is 2.25. The van der Waals surface area contributed by atoms with Gasteiger partial charge in [-0.2, -0.15) is 11.8 Å². The molecule has 1 aromatic heterocycles. The molecule has 0 amide bonds. The van der Waals surface area contributed by atoms with Crippen LogP contribution in [0.15, 0.2) is 23.4 Å². The molecule has 4 nitrogen and oxygen atoms in total. The van der Waals surface area contributed by atoms with Crippen LogP contribution in [-0.4, -0.2) is 38.4 Å². The van der Waals surface area contributed by atoms with E-state index >= 15 is 0 Å². The summed E-state index contributed by atoms with van der Waals surface area (Å²) >= 11 is 3.11. The quantitative estimate of drug-likeness (QED) is 0.628. The van der Waals surface area contributed by atoms with E-state index in [1.165, 1.54) is 17.3 Å². The van der Waals surface area contributed by atoms with Gasteiger partial charge >= 0.3 is 5.97 Å². The fourth-order valence-corrected chi connectivity index (χ4v) is 3.22. The first-order valence-corrected chi connectivity index (χ1v) is 8.80. The van der Waals surface area contributed by atoms with Gasteiger partial charge in [-0.15, -0.1) is 0 Å². The van der Waals surface area contributed by atoms with Crippen LogP contribution in [0, 0.1) is 6.92 Å². The van der Waals surface area contributed by atoms with Crippen molar-refractivity contribution in [2.24, 2.45) is 0 Å². The highest BCUT2D eigenvalue weighted by atomic mass is 32.2. The lowest BCUT2D eigenvalue weighted by molar-refractivity contribution is -0.133. The summed E-state index contributed by atoms with van der Waals surface area (Å²) in [6.07, 6.45) is 3.15. The second-order valence-corrected chi connectivity index (χ2v) is 6.50. The predicted molar refractivity (Wildman–Crippen MR) is 85.8 cm³/mol. The van der Waals surface area contributed by atoms with Crippen molar-refractivity contribution in [3.63, 3.8) is 0 Å². The van der Waals surface area contributed by atoms with Gasteiger partial charge < -0.3 is 9.67 Å². The Hall–Kier alpha value is -1.14. The Balaban J connectivity index is 2.31. The molecule has 2 aromatic rings. The molecule has 0 aliphatic heterocycles. The molecule has 108 valence electrons. The molecule has 2 rings (SSSR count). The second kappa shape index (κ2) is 7.04. The highest BCUT2D eigenvalue weighted by Gasteiger charge is 2.12. The number of nitrogens with zero attached hydrogens (tertiary/aromatic N) is 2. The van der Waals surface area contributed by atoms with Gasteiger partial charge in [0.2, 0.25) is 0 Å². The summed E-state index contributed by atoms with van der Waals surface area (Å²) in [6, 6.07) is 6.19. The van der Waals surface area contributed by atoms with Crippen molar-refractivity contribution in [2.75, 3.05) is 17.8 Å². The van der Waals surface area contributed by atoms with Gasteiger partial charge in [-0.3, -0.25) is 4.79 Å². The molecule has 20 heavy (non-hydrogen) atoms. The number of hydrogen-bond acceptors (Lipinski definition) is 4. The second-order valence-electron chi connectivity index (χ2n) is 4.57. The van der Waals surface area contributed by atoms with E-state index in [9.17, 15) is 4.79 Å². The summed E-state index contributed by atoms with van der Waals surface area (Å²) in [5, 5.41) is 9.64. The molecule has 1 heterocycles. The number of imidazole rings is 1. The summed E-state index contributed by atoms with van der Waals surface area (Å²) in [6.45, 7) is 2.92. The minimum Gasteiger partial charge on any atom is -0.481 e. The number of aromatic nitrogens is 2. The lowest BCUT2D eigenvalue weighted by Crippen LogP contribution is -2.04. The van der Waals surface area contributed by atoms with Crippen molar-refractivity contribution in [3.05, 3.63) is 23.8 Å². The van der Waals surface area contributed by atoms with Gasteiger partial charge in [0.1, 0.15) is 0 Å². The van der Waals surface area contributed by atoms with Crippen LogP contribution >= 0.6 is 23.5 Å². The van der Waals surface area contributed by atoms with Crippen molar-refractivity contribution < 1.29 is 9.90 Å². The molecule has 0 saturated carbocycles. The molecular formula is C14H18N2O2S2. The number of thioether (sulfide) groups is 2. The fraction of sp³-hybridized carbons (Fsp3) is 0.429. The molecular weight excluding hydrogens is 292 g/mol. The number of carboxylic acids is 1. The van der Waals surface area contributed by atoms with E-state index in [-0.39, 0.29) is 5.75 Å². The Kier molecular flexibility index (Phi) is 5.37. The van der Waals surface area contributed by atoms with Crippen LogP contribution in [0.4, 0.5) is 0 Å². The molecule has 0 saturated heterocycles. The molecule has 0 unspecified atom stereocenters. The van der Waals surface area contributed by atoms with Crippen molar-refractivity contribution in [1.82, 2.24) is 9.55 Å². The molecule has 6 heteroatoms. The molecule has 0 spiro atoms. The van der Waals surface area contributed by atoms with Gasteiger partial charge in [0.15, 0.2) is 5.16 Å². The lowest BCUT2D eigenvalue weighted by atomic mass is 10.2. The summed E-state index contributed by atoms with van der Waals surface area (Å²) < 4.78 is 2.14. The number of aliphatic carboxylic acids is 1. The average molecular weight is 310 g/mol. The minimum absolute atomic E-state index is 0.0465. The Morgan fingerprint density at radius 1 is 1.45 bits per heavy atom. The lowest BCUT2D eigenvalue weighted by Gasteiger charge is -2.07. The van der Waals surface area contributed by atoms with Crippen molar-refractivity contribution in [2.45, 2.75) is 25.0 Å². The van der Waals surface area contributed by atoms with Gasteiger partial charge in [0.05, 0.1) is 16.8 Å².